The molecular weight excluding hydrogens is 288 g/mol. The minimum Gasteiger partial charge on any atom is -0.496 e. The van der Waals surface area contributed by atoms with Crippen molar-refractivity contribution in [3.63, 3.8) is 0 Å². The summed E-state index contributed by atoms with van der Waals surface area (Å²) in [5.74, 6) is 0.459. The van der Waals surface area contributed by atoms with Crippen LogP contribution in [0.3, 0.4) is 0 Å². The molecule has 1 aromatic carbocycles. The number of fused-ring (bicyclic) bond motifs is 1. The van der Waals surface area contributed by atoms with E-state index < -0.39 is 0 Å². The number of thiazole rings is 1. The van der Waals surface area contributed by atoms with Gasteiger partial charge in [0.05, 0.1) is 19.4 Å². The molecule has 0 fully saturated rings. The van der Waals surface area contributed by atoms with Crippen LogP contribution in [0.25, 0.3) is 16.2 Å². The number of carbonyl (C=O) groups excluding carboxylic acids is 1. The summed E-state index contributed by atoms with van der Waals surface area (Å²) in [7, 11) is 1.64. The van der Waals surface area contributed by atoms with Crippen LogP contribution in [-0.2, 0) is 4.74 Å². The summed E-state index contributed by atoms with van der Waals surface area (Å²) in [6.07, 6.45) is 3.62. The number of methoxy groups -OCH3 is 1. The fourth-order valence-corrected chi connectivity index (χ4v) is 2.94. The monoisotopic (exact) mass is 302 g/mol. The molecule has 0 aliphatic rings. The number of benzene rings is 1. The van der Waals surface area contributed by atoms with Gasteiger partial charge in [0.2, 0.25) is 0 Å². The van der Waals surface area contributed by atoms with Gasteiger partial charge in [0, 0.05) is 18.0 Å². The standard InChI is InChI=1S/C15H14N2O3S/c1-3-20-14(18)13-9-17-8-11(16-15(17)21-13)10-6-4-5-7-12(10)19-2/h4-9H,3H2,1-2H3. The lowest BCUT2D eigenvalue weighted by Gasteiger charge is -2.04. The van der Waals surface area contributed by atoms with E-state index in [1.54, 1.807) is 20.2 Å². The maximum Gasteiger partial charge on any atom is 0.349 e. The predicted octanol–water partition coefficient (Wildman–Crippen LogP) is 3.25. The van der Waals surface area contributed by atoms with Crippen LogP contribution in [0.15, 0.2) is 36.7 Å². The molecule has 5 nitrogen and oxygen atoms in total. The zero-order valence-corrected chi connectivity index (χ0v) is 12.5. The van der Waals surface area contributed by atoms with Gasteiger partial charge in [-0.3, -0.25) is 4.40 Å². The summed E-state index contributed by atoms with van der Waals surface area (Å²) >= 11 is 1.31. The summed E-state index contributed by atoms with van der Waals surface area (Å²) in [4.78, 5) is 17.5. The molecule has 6 heteroatoms. The third-order valence-corrected chi connectivity index (χ3v) is 3.99. The van der Waals surface area contributed by atoms with Crippen LogP contribution in [0.2, 0.25) is 0 Å². The number of para-hydroxylation sites is 1. The average Bonchev–Trinajstić information content (AvgIpc) is 3.06. The van der Waals surface area contributed by atoms with Crippen molar-refractivity contribution < 1.29 is 14.3 Å². The molecule has 2 aromatic heterocycles. The van der Waals surface area contributed by atoms with Crippen LogP contribution >= 0.6 is 11.3 Å². The molecule has 0 atom stereocenters. The zero-order valence-electron chi connectivity index (χ0n) is 11.7. The molecular formula is C15H14N2O3S. The largest absolute Gasteiger partial charge is 0.496 e. The van der Waals surface area contributed by atoms with Gasteiger partial charge < -0.3 is 9.47 Å². The quantitative estimate of drug-likeness (QED) is 0.694. The number of nitrogens with zero attached hydrogens (tertiary/aromatic N) is 2. The number of rotatable bonds is 4. The van der Waals surface area contributed by atoms with E-state index in [-0.39, 0.29) is 5.97 Å². The van der Waals surface area contributed by atoms with Crippen molar-refractivity contribution in [2.45, 2.75) is 6.92 Å². The summed E-state index contributed by atoms with van der Waals surface area (Å²) in [5, 5.41) is 0. The van der Waals surface area contributed by atoms with Crippen molar-refractivity contribution >= 4 is 22.3 Å². The van der Waals surface area contributed by atoms with E-state index in [4.69, 9.17) is 9.47 Å². The Labute approximate surface area is 125 Å². The fourth-order valence-electron chi connectivity index (χ4n) is 2.08. The van der Waals surface area contributed by atoms with E-state index in [1.165, 1.54) is 11.3 Å². The smallest absolute Gasteiger partial charge is 0.349 e. The molecule has 108 valence electrons. The Morgan fingerprint density at radius 3 is 2.86 bits per heavy atom. The first-order valence-electron chi connectivity index (χ1n) is 6.52. The summed E-state index contributed by atoms with van der Waals surface area (Å²) in [6.45, 7) is 2.15. The minimum absolute atomic E-state index is 0.313. The average molecular weight is 302 g/mol. The van der Waals surface area contributed by atoms with Crippen molar-refractivity contribution in [1.82, 2.24) is 9.38 Å². The van der Waals surface area contributed by atoms with Gasteiger partial charge in [0.1, 0.15) is 10.6 Å². The molecule has 0 spiro atoms. The number of imidazole rings is 1. The normalized spacial score (nSPS) is 10.8. The molecule has 21 heavy (non-hydrogen) atoms. The van der Waals surface area contributed by atoms with Crippen LogP contribution in [0, 0.1) is 0 Å². The topological polar surface area (TPSA) is 52.8 Å². The highest BCUT2D eigenvalue weighted by atomic mass is 32.1. The van der Waals surface area contributed by atoms with E-state index in [9.17, 15) is 4.79 Å². The number of hydrogen-bond acceptors (Lipinski definition) is 5. The Balaban J connectivity index is 1.99. The molecule has 3 rings (SSSR count). The van der Waals surface area contributed by atoms with Gasteiger partial charge in [-0.25, -0.2) is 9.78 Å². The highest BCUT2D eigenvalue weighted by Crippen LogP contribution is 2.30. The Morgan fingerprint density at radius 2 is 2.14 bits per heavy atom. The third-order valence-electron chi connectivity index (χ3n) is 3.02. The van der Waals surface area contributed by atoms with Gasteiger partial charge in [-0.2, -0.15) is 0 Å². The molecule has 0 unspecified atom stereocenters. The van der Waals surface area contributed by atoms with Gasteiger partial charge in [0.25, 0.3) is 0 Å². The van der Waals surface area contributed by atoms with Crippen LogP contribution in [-0.4, -0.2) is 29.1 Å². The molecule has 0 bridgehead atoms. The predicted molar refractivity (Wildman–Crippen MR) is 81.0 cm³/mol. The van der Waals surface area contributed by atoms with Gasteiger partial charge in [0.15, 0.2) is 4.96 Å². The molecule has 0 aliphatic carbocycles. The maximum atomic E-state index is 11.7. The summed E-state index contributed by atoms with van der Waals surface area (Å²) < 4.78 is 12.2. The number of carbonyl (C=O) groups is 1. The van der Waals surface area contributed by atoms with E-state index >= 15 is 0 Å². The second-order valence-electron chi connectivity index (χ2n) is 4.33. The van der Waals surface area contributed by atoms with Crippen LogP contribution in [0.4, 0.5) is 0 Å². The molecule has 0 N–H and O–H groups in total. The molecule has 2 heterocycles. The van der Waals surface area contributed by atoms with Gasteiger partial charge in [-0.05, 0) is 19.1 Å². The Bertz CT molecular complexity index is 760. The number of aromatic nitrogens is 2. The van der Waals surface area contributed by atoms with E-state index in [0.29, 0.717) is 11.5 Å². The lowest BCUT2D eigenvalue weighted by atomic mass is 10.1. The van der Waals surface area contributed by atoms with Crippen molar-refractivity contribution in [1.29, 1.82) is 0 Å². The molecule has 3 aromatic rings. The van der Waals surface area contributed by atoms with Crippen LogP contribution in [0.5, 0.6) is 5.75 Å². The maximum absolute atomic E-state index is 11.7. The fraction of sp³-hybridized carbons (Fsp3) is 0.200. The van der Waals surface area contributed by atoms with E-state index in [1.807, 2.05) is 34.9 Å². The molecule has 0 radical (unpaired) electrons. The second kappa shape index (κ2) is 5.57. The number of ether oxygens (including phenoxy) is 2. The highest BCUT2D eigenvalue weighted by molar-refractivity contribution is 7.18. The minimum atomic E-state index is -0.313. The number of esters is 1. The first-order valence-corrected chi connectivity index (χ1v) is 7.33. The summed E-state index contributed by atoms with van der Waals surface area (Å²) in [5.41, 5.74) is 1.74. The van der Waals surface area contributed by atoms with Crippen molar-refractivity contribution in [2.24, 2.45) is 0 Å². The van der Waals surface area contributed by atoms with Crippen LogP contribution < -0.4 is 4.74 Å². The molecule has 0 aliphatic heterocycles. The Morgan fingerprint density at radius 1 is 1.33 bits per heavy atom. The van der Waals surface area contributed by atoms with Crippen molar-refractivity contribution in [3.05, 3.63) is 41.5 Å². The zero-order chi connectivity index (χ0) is 14.8. The molecule has 0 saturated heterocycles. The highest BCUT2D eigenvalue weighted by Gasteiger charge is 2.15. The second-order valence-corrected chi connectivity index (χ2v) is 5.34. The van der Waals surface area contributed by atoms with Gasteiger partial charge in [-0.15, -0.1) is 0 Å². The Kier molecular flexibility index (Phi) is 3.62. The first-order chi connectivity index (χ1) is 10.2. The third kappa shape index (κ3) is 2.50. The van der Waals surface area contributed by atoms with Crippen LogP contribution in [0.1, 0.15) is 16.6 Å². The SMILES string of the molecule is CCOC(=O)c1cn2cc(-c3ccccc3OC)nc2s1. The Hall–Kier alpha value is -2.34. The van der Waals surface area contributed by atoms with Gasteiger partial charge in [-0.1, -0.05) is 23.5 Å². The van der Waals surface area contributed by atoms with E-state index in [0.717, 1.165) is 22.0 Å². The molecule has 0 saturated carbocycles. The van der Waals surface area contributed by atoms with Crippen molar-refractivity contribution in [3.8, 4) is 17.0 Å². The van der Waals surface area contributed by atoms with E-state index in [2.05, 4.69) is 4.98 Å². The van der Waals surface area contributed by atoms with Crippen molar-refractivity contribution in [2.75, 3.05) is 13.7 Å². The van der Waals surface area contributed by atoms with Gasteiger partial charge >= 0.3 is 5.97 Å². The molecule has 0 amide bonds. The summed E-state index contributed by atoms with van der Waals surface area (Å²) in [6, 6.07) is 7.71. The lowest BCUT2D eigenvalue weighted by Crippen LogP contribution is -2.01. The number of hydrogen-bond donors (Lipinski definition) is 0. The lowest BCUT2D eigenvalue weighted by molar-refractivity contribution is 0.0531. The first kappa shape index (κ1) is 13.6.